The summed E-state index contributed by atoms with van der Waals surface area (Å²) < 4.78 is 12.2. The highest BCUT2D eigenvalue weighted by molar-refractivity contribution is 6.02. The van der Waals surface area contributed by atoms with Crippen molar-refractivity contribution in [2.75, 3.05) is 49.4 Å². The zero-order valence-electron chi connectivity index (χ0n) is 24.2. The van der Waals surface area contributed by atoms with E-state index in [-0.39, 0.29) is 5.91 Å². The minimum Gasteiger partial charge on any atom is -0.494 e. The van der Waals surface area contributed by atoms with Crippen LogP contribution in [0.15, 0.2) is 67.5 Å². The largest absolute Gasteiger partial charge is 0.494 e. The molecular weight excluding hydrogens is 552 g/mol. The molecule has 0 atom stereocenters. The smallest absolute Gasteiger partial charge is 0.405 e. The Bertz CT molecular complexity index is 1650. The Morgan fingerprint density at radius 1 is 1.16 bits per heavy atom. The Morgan fingerprint density at radius 3 is 2.70 bits per heavy atom. The van der Waals surface area contributed by atoms with Crippen LogP contribution < -0.4 is 31.3 Å². The summed E-state index contributed by atoms with van der Waals surface area (Å²) >= 11 is 0. The zero-order valence-corrected chi connectivity index (χ0v) is 24.2. The van der Waals surface area contributed by atoms with Gasteiger partial charge in [0.15, 0.2) is 6.61 Å². The molecular formula is C30H34N8O5. The topological polar surface area (TPSA) is 166 Å². The van der Waals surface area contributed by atoms with E-state index in [9.17, 15) is 14.4 Å². The first-order valence-electron chi connectivity index (χ1n) is 13.4. The minimum atomic E-state index is -1.01. The van der Waals surface area contributed by atoms with Gasteiger partial charge < -0.3 is 40.6 Å². The van der Waals surface area contributed by atoms with Crippen LogP contribution in [0.3, 0.4) is 0 Å². The molecule has 0 aliphatic rings. The molecule has 0 bridgehead atoms. The molecule has 2 aromatic carbocycles. The lowest BCUT2D eigenvalue weighted by atomic mass is 10.1. The molecule has 0 spiro atoms. The average Bonchev–Trinajstić information content (AvgIpc) is 3.34. The van der Waals surface area contributed by atoms with Gasteiger partial charge in [-0.2, -0.15) is 0 Å². The summed E-state index contributed by atoms with van der Waals surface area (Å²) in [5.74, 6) is 0.00215. The fourth-order valence-corrected chi connectivity index (χ4v) is 4.52. The standard InChI is InChI=1S/C30H34N8O5/c1-5-27(39)34-22-15-23(26(42-4)16-25(22)37(2)14-8-12-32-28(40)18-43-29(31)41)36-30-33-13-11-21(35-30)20-17-38(3)24-10-7-6-9-19(20)24/h5-7,9-11,13,15-17H,1,8,12,14,18H2,2-4H3,(H2,31,41)(H,32,40)(H,34,39)(H,33,35,36). The number of hydrogen-bond acceptors (Lipinski definition) is 9. The van der Waals surface area contributed by atoms with Crippen LogP contribution in [-0.2, 0) is 21.4 Å². The van der Waals surface area contributed by atoms with E-state index in [2.05, 4.69) is 48.9 Å². The van der Waals surface area contributed by atoms with Gasteiger partial charge in [0.1, 0.15) is 5.75 Å². The third-order valence-corrected chi connectivity index (χ3v) is 6.59. The van der Waals surface area contributed by atoms with Gasteiger partial charge in [-0.25, -0.2) is 14.8 Å². The summed E-state index contributed by atoms with van der Waals surface area (Å²) in [5, 5.41) is 9.81. The maximum Gasteiger partial charge on any atom is 0.405 e. The molecule has 0 radical (unpaired) electrons. The molecule has 13 nitrogen and oxygen atoms in total. The maximum absolute atomic E-state index is 12.3. The number of hydrogen-bond donors (Lipinski definition) is 4. The molecule has 224 valence electrons. The number of carbonyl (C=O) groups is 3. The summed E-state index contributed by atoms with van der Waals surface area (Å²) in [6.07, 6.45) is 4.44. The van der Waals surface area contributed by atoms with Crippen LogP contribution in [-0.4, -0.2) is 66.3 Å². The van der Waals surface area contributed by atoms with Crippen LogP contribution in [0.1, 0.15) is 6.42 Å². The summed E-state index contributed by atoms with van der Waals surface area (Å²) in [7, 11) is 5.38. The summed E-state index contributed by atoms with van der Waals surface area (Å²) in [4.78, 5) is 45.8. The highest BCUT2D eigenvalue weighted by Crippen LogP contribution is 2.38. The first kappa shape index (κ1) is 30.4. The Hall–Kier alpha value is -5.59. The number of carbonyl (C=O) groups excluding carboxylic acids is 3. The van der Waals surface area contributed by atoms with Gasteiger partial charge in [-0.1, -0.05) is 24.8 Å². The molecule has 3 amide bonds. The Balaban J connectivity index is 1.55. The number of primary amides is 1. The Morgan fingerprint density at radius 2 is 1.95 bits per heavy atom. The van der Waals surface area contributed by atoms with Crippen LogP contribution >= 0.6 is 0 Å². The third kappa shape index (κ3) is 7.58. The van der Waals surface area contributed by atoms with Gasteiger partial charge in [-0.05, 0) is 30.7 Å². The molecule has 0 aliphatic heterocycles. The van der Waals surface area contributed by atoms with Crippen LogP contribution in [0.2, 0.25) is 0 Å². The predicted octanol–water partition coefficient (Wildman–Crippen LogP) is 3.55. The molecule has 0 fully saturated rings. The van der Waals surface area contributed by atoms with Gasteiger partial charge in [0, 0.05) is 62.1 Å². The maximum atomic E-state index is 12.3. The molecule has 0 unspecified atom stereocenters. The second-order valence-corrected chi connectivity index (χ2v) is 9.56. The molecule has 0 saturated carbocycles. The molecule has 2 heterocycles. The van der Waals surface area contributed by atoms with E-state index in [4.69, 9.17) is 15.5 Å². The third-order valence-electron chi connectivity index (χ3n) is 6.59. The van der Waals surface area contributed by atoms with E-state index in [1.165, 1.54) is 6.08 Å². The predicted molar refractivity (Wildman–Crippen MR) is 165 cm³/mol. The van der Waals surface area contributed by atoms with E-state index in [0.29, 0.717) is 48.3 Å². The number of nitrogens with zero attached hydrogens (tertiary/aromatic N) is 4. The summed E-state index contributed by atoms with van der Waals surface area (Å²) in [6, 6.07) is 13.5. The molecule has 0 aliphatic carbocycles. The van der Waals surface area contributed by atoms with E-state index in [1.807, 2.05) is 43.4 Å². The first-order chi connectivity index (χ1) is 20.7. The van der Waals surface area contributed by atoms with Crippen molar-refractivity contribution in [2.24, 2.45) is 12.8 Å². The Labute approximate surface area is 248 Å². The number of para-hydroxylation sites is 1. The van der Waals surface area contributed by atoms with E-state index in [1.54, 1.807) is 25.4 Å². The number of methoxy groups -OCH3 is 1. The van der Waals surface area contributed by atoms with E-state index >= 15 is 0 Å². The molecule has 4 rings (SSSR count). The van der Waals surface area contributed by atoms with Crippen LogP contribution in [0, 0.1) is 0 Å². The molecule has 13 heteroatoms. The van der Waals surface area contributed by atoms with Gasteiger partial charge in [-0.15, -0.1) is 0 Å². The molecule has 2 aromatic heterocycles. The summed E-state index contributed by atoms with van der Waals surface area (Å²) in [6.45, 7) is 3.96. The number of amides is 3. The van der Waals surface area contributed by atoms with E-state index < -0.39 is 18.6 Å². The fraction of sp³-hybridized carbons (Fsp3) is 0.233. The number of fused-ring (bicyclic) bond motifs is 1. The monoisotopic (exact) mass is 586 g/mol. The van der Waals surface area contributed by atoms with Gasteiger partial charge in [0.2, 0.25) is 11.9 Å². The van der Waals surface area contributed by atoms with Crippen molar-refractivity contribution in [2.45, 2.75) is 6.42 Å². The molecule has 4 aromatic rings. The number of anilines is 4. The molecule has 43 heavy (non-hydrogen) atoms. The SMILES string of the molecule is C=CC(=O)Nc1cc(Nc2nccc(-c3cn(C)c4ccccc34)n2)c(OC)cc1N(C)CCCNC(=O)COC(N)=O. The summed E-state index contributed by atoms with van der Waals surface area (Å²) in [5.41, 5.74) is 9.40. The number of nitrogens with one attached hydrogen (secondary N) is 3. The lowest BCUT2D eigenvalue weighted by molar-refractivity contribution is -0.123. The van der Waals surface area contributed by atoms with Crippen LogP contribution in [0.25, 0.3) is 22.2 Å². The fourth-order valence-electron chi connectivity index (χ4n) is 4.52. The quantitative estimate of drug-likeness (QED) is 0.135. The number of aromatic nitrogens is 3. The van der Waals surface area contributed by atoms with Gasteiger partial charge in [-0.3, -0.25) is 9.59 Å². The highest BCUT2D eigenvalue weighted by Gasteiger charge is 2.17. The lowest BCUT2D eigenvalue weighted by Crippen LogP contribution is -2.32. The lowest BCUT2D eigenvalue weighted by Gasteiger charge is -2.25. The van der Waals surface area contributed by atoms with Gasteiger partial charge >= 0.3 is 6.09 Å². The number of nitrogens with two attached hydrogens (primary N) is 1. The van der Waals surface area contributed by atoms with Crippen molar-refractivity contribution in [3.05, 3.63) is 67.5 Å². The van der Waals surface area contributed by atoms with Crippen molar-refractivity contribution in [3.8, 4) is 17.0 Å². The minimum absolute atomic E-state index is 0.334. The van der Waals surface area contributed by atoms with Crippen LogP contribution in [0.5, 0.6) is 5.75 Å². The number of ether oxygens (including phenoxy) is 2. The van der Waals surface area contributed by atoms with Crippen molar-refractivity contribution < 1.29 is 23.9 Å². The molecule has 5 N–H and O–H groups in total. The molecule has 0 saturated heterocycles. The van der Waals surface area contributed by atoms with Crippen molar-refractivity contribution in [1.29, 1.82) is 0 Å². The van der Waals surface area contributed by atoms with Crippen molar-refractivity contribution in [3.63, 3.8) is 0 Å². The number of rotatable bonds is 13. The van der Waals surface area contributed by atoms with Gasteiger partial charge in [0.25, 0.3) is 5.91 Å². The second-order valence-electron chi connectivity index (χ2n) is 9.56. The van der Waals surface area contributed by atoms with Gasteiger partial charge in [0.05, 0.1) is 29.9 Å². The zero-order chi connectivity index (χ0) is 30.9. The number of aryl methyl sites for hydroxylation is 1. The Kier molecular flexibility index (Phi) is 9.78. The second kappa shape index (κ2) is 13.9. The normalized spacial score (nSPS) is 10.6. The average molecular weight is 587 g/mol. The van der Waals surface area contributed by atoms with Crippen molar-refractivity contribution in [1.82, 2.24) is 19.9 Å². The van der Waals surface area contributed by atoms with Crippen LogP contribution in [0.4, 0.5) is 27.8 Å². The highest BCUT2D eigenvalue weighted by atomic mass is 16.5. The number of benzene rings is 2. The van der Waals surface area contributed by atoms with E-state index in [0.717, 1.165) is 22.2 Å². The van der Waals surface area contributed by atoms with Crippen molar-refractivity contribution >= 4 is 51.8 Å². The first-order valence-corrected chi connectivity index (χ1v) is 13.4.